The van der Waals surface area contributed by atoms with Crippen molar-refractivity contribution in [2.45, 2.75) is 19.8 Å². The van der Waals surface area contributed by atoms with Crippen LogP contribution < -0.4 is 10.1 Å². The first-order chi connectivity index (χ1) is 12.1. The fraction of sp³-hybridized carbons (Fsp3) is 0.368. The third-order valence-corrected chi connectivity index (χ3v) is 4.46. The number of amides is 2. The third-order valence-electron chi connectivity index (χ3n) is 4.46. The minimum atomic E-state index is -0.424. The standard InChI is InChI=1S/C19H22FN3O2/c1-14-12-21-9-6-18(14)25-13-15-7-10-23(11-8-15)19(24)22-17-5-3-2-4-16(17)20/h2-6,9,12,15H,7-8,10-11,13H2,1H3,(H,22,24). The van der Waals surface area contributed by atoms with Gasteiger partial charge in [-0.05, 0) is 43.9 Å². The molecular formula is C19H22FN3O2. The molecule has 0 unspecified atom stereocenters. The molecule has 6 heteroatoms. The molecule has 1 N–H and O–H groups in total. The van der Waals surface area contributed by atoms with Gasteiger partial charge in [0.1, 0.15) is 11.6 Å². The Labute approximate surface area is 146 Å². The maximum absolute atomic E-state index is 13.6. The first kappa shape index (κ1) is 17.2. The Bertz CT molecular complexity index is 730. The van der Waals surface area contributed by atoms with Crippen molar-refractivity contribution < 1.29 is 13.9 Å². The van der Waals surface area contributed by atoms with Crippen LogP contribution in [0.25, 0.3) is 0 Å². The molecule has 25 heavy (non-hydrogen) atoms. The van der Waals surface area contributed by atoms with E-state index in [1.54, 1.807) is 35.5 Å². The molecule has 0 aliphatic carbocycles. The van der Waals surface area contributed by atoms with Gasteiger partial charge in [0.25, 0.3) is 0 Å². The van der Waals surface area contributed by atoms with Crippen molar-refractivity contribution in [3.8, 4) is 5.75 Å². The smallest absolute Gasteiger partial charge is 0.321 e. The Morgan fingerprint density at radius 2 is 2.08 bits per heavy atom. The fourth-order valence-corrected chi connectivity index (χ4v) is 2.89. The topological polar surface area (TPSA) is 54.5 Å². The Morgan fingerprint density at radius 3 is 2.80 bits per heavy atom. The molecule has 1 aromatic heterocycles. The first-order valence-corrected chi connectivity index (χ1v) is 8.47. The van der Waals surface area contributed by atoms with Crippen molar-refractivity contribution >= 4 is 11.7 Å². The molecule has 0 radical (unpaired) electrons. The van der Waals surface area contributed by atoms with E-state index in [1.165, 1.54) is 6.07 Å². The van der Waals surface area contributed by atoms with Crippen molar-refractivity contribution in [1.82, 2.24) is 9.88 Å². The van der Waals surface area contributed by atoms with Crippen LogP contribution in [0.5, 0.6) is 5.75 Å². The van der Waals surface area contributed by atoms with E-state index < -0.39 is 5.82 Å². The number of hydrogen-bond donors (Lipinski definition) is 1. The van der Waals surface area contributed by atoms with Crippen LogP contribution >= 0.6 is 0 Å². The molecule has 1 aliphatic rings. The van der Waals surface area contributed by atoms with Gasteiger partial charge in [0.05, 0.1) is 12.3 Å². The van der Waals surface area contributed by atoms with E-state index in [1.807, 2.05) is 13.0 Å². The van der Waals surface area contributed by atoms with Gasteiger partial charge in [-0.3, -0.25) is 4.98 Å². The number of halogens is 1. The van der Waals surface area contributed by atoms with Crippen LogP contribution in [0.4, 0.5) is 14.9 Å². The van der Waals surface area contributed by atoms with E-state index >= 15 is 0 Å². The zero-order valence-electron chi connectivity index (χ0n) is 14.2. The summed E-state index contributed by atoms with van der Waals surface area (Å²) < 4.78 is 19.5. The van der Waals surface area contributed by atoms with Gasteiger partial charge in [-0.1, -0.05) is 12.1 Å². The number of benzene rings is 1. The summed E-state index contributed by atoms with van der Waals surface area (Å²) in [5, 5.41) is 2.63. The highest BCUT2D eigenvalue weighted by Crippen LogP contribution is 2.22. The van der Waals surface area contributed by atoms with Gasteiger partial charge < -0.3 is 15.0 Å². The summed E-state index contributed by atoms with van der Waals surface area (Å²) in [6, 6.07) is 7.80. The van der Waals surface area contributed by atoms with Crippen LogP contribution in [0.2, 0.25) is 0 Å². The summed E-state index contributed by atoms with van der Waals surface area (Å²) >= 11 is 0. The maximum atomic E-state index is 13.6. The molecule has 2 aromatic rings. The number of urea groups is 1. The largest absolute Gasteiger partial charge is 0.493 e. The van der Waals surface area contributed by atoms with Gasteiger partial charge in [0.2, 0.25) is 0 Å². The summed E-state index contributed by atoms with van der Waals surface area (Å²) in [4.78, 5) is 18.0. The number of ether oxygens (including phenoxy) is 1. The number of pyridine rings is 1. The molecule has 1 saturated heterocycles. The number of nitrogens with one attached hydrogen (secondary N) is 1. The van der Waals surface area contributed by atoms with Gasteiger partial charge >= 0.3 is 6.03 Å². The second-order valence-corrected chi connectivity index (χ2v) is 6.29. The molecule has 1 aromatic carbocycles. The van der Waals surface area contributed by atoms with E-state index in [0.29, 0.717) is 25.6 Å². The molecule has 0 atom stereocenters. The van der Waals surface area contributed by atoms with Gasteiger partial charge in [-0.15, -0.1) is 0 Å². The average Bonchev–Trinajstić information content (AvgIpc) is 2.63. The number of rotatable bonds is 4. The number of para-hydroxylation sites is 1. The Morgan fingerprint density at radius 1 is 1.32 bits per heavy atom. The van der Waals surface area contributed by atoms with Crippen molar-refractivity contribution in [2.24, 2.45) is 5.92 Å². The molecule has 2 amide bonds. The molecule has 0 spiro atoms. The molecule has 1 aliphatic heterocycles. The lowest BCUT2D eigenvalue weighted by atomic mass is 9.98. The van der Waals surface area contributed by atoms with Gasteiger partial charge in [-0.2, -0.15) is 0 Å². The van der Waals surface area contributed by atoms with E-state index in [-0.39, 0.29) is 11.7 Å². The number of aryl methyl sites for hydroxylation is 1. The van der Waals surface area contributed by atoms with Crippen LogP contribution in [-0.4, -0.2) is 35.6 Å². The van der Waals surface area contributed by atoms with Crippen molar-refractivity contribution in [3.63, 3.8) is 0 Å². The normalized spacial score (nSPS) is 15.0. The fourth-order valence-electron chi connectivity index (χ4n) is 2.89. The Kier molecular flexibility index (Phi) is 5.48. The first-order valence-electron chi connectivity index (χ1n) is 8.47. The number of piperidine rings is 1. The van der Waals surface area contributed by atoms with Crippen LogP contribution in [0.15, 0.2) is 42.7 Å². The second kappa shape index (κ2) is 7.96. The highest BCUT2D eigenvalue weighted by Gasteiger charge is 2.23. The molecule has 2 heterocycles. The zero-order valence-corrected chi connectivity index (χ0v) is 14.2. The monoisotopic (exact) mass is 343 g/mol. The van der Waals surface area contributed by atoms with Gasteiger partial charge in [-0.25, -0.2) is 9.18 Å². The molecule has 5 nitrogen and oxygen atoms in total. The minimum absolute atomic E-state index is 0.214. The number of carbonyl (C=O) groups is 1. The van der Waals surface area contributed by atoms with Crippen molar-refractivity contribution in [3.05, 3.63) is 54.1 Å². The summed E-state index contributed by atoms with van der Waals surface area (Å²) in [5.74, 6) is 0.839. The number of nitrogens with zero attached hydrogens (tertiary/aromatic N) is 2. The Balaban J connectivity index is 1.46. The zero-order chi connectivity index (χ0) is 17.6. The molecule has 0 bridgehead atoms. The number of likely N-dealkylation sites (tertiary alicyclic amines) is 1. The average molecular weight is 343 g/mol. The number of carbonyl (C=O) groups excluding carboxylic acids is 1. The molecule has 3 rings (SSSR count). The lowest BCUT2D eigenvalue weighted by molar-refractivity contribution is 0.152. The number of hydrogen-bond acceptors (Lipinski definition) is 3. The summed E-state index contributed by atoms with van der Waals surface area (Å²) in [6.07, 6.45) is 5.24. The highest BCUT2D eigenvalue weighted by molar-refractivity contribution is 5.89. The van der Waals surface area contributed by atoms with Gasteiger partial charge in [0.15, 0.2) is 0 Å². The third kappa shape index (κ3) is 4.47. The van der Waals surface area contributed by atoms with E-state index in [4.69, 9.17) is 4.74 Å². The van der Waals surface area contributed by atoms with Crippen LogP contribution in [-0.2, 0) is 0 Å². The quantitative estimate of drug-likeness (QED) is 0.917. The number of anilines is 1. The van der Waals surface area contributed by atoms with Crippen molar-refractivity contribution in [1.29, 1.82) is 0 Å². The SMILES string of the molecule is Cc1cnccc1OCC1CCN(C(=O)Nc2ccccc2F)CC1. The summed E-state index contributed by atoms with van der Waals surface area (Å²) in [6.45, 7) is 3.89. The predicted octanol–water partition coefficient (Wildman–Crippen LogP) is 3.85. The lowest BCUT2D eigenvalue weighted by Crippen LogP contribution is -2.42. The van der Waals surface area contributed by atoms with Crippen molar-refractivity contribution in [2.75, 3.05) is 25.0 Å². The summed E-state index contributed by atoms with van der Waals surface area (Å²) in [7, 11) is 0. The minimum Gasteiger partial charge on any atom is -0.493 e. The second-order valence-electron chi connectivity index (χ2n) is 6.29. The predicted molar refractivity (Wildman–Crippen MR) is 94.2 cm³/mol. The van der Waals surface area contributed by atoms with E-state index in [9.17, 15) is 9.18 Å². The molecule has 132 valence electrons. The molecule has 1 fully saturated rings. The van der Waals surface area contributed by atoms with E-state index in [2.05, 4.69) is 10.3 Å². The number of aromatic nitrogens is 1. The highest BCUT2D eigenvalue weighted by atomic mass is 19.1. The lowest BCUT2D eigenvalue weighted by Gasteiger charge is -2.32. The summed E-state index contributed by atoms with van der Waals surface area (Å²) in [5.41, 5.74) is 1.23. The molecular weight excluding hydrogens is 321 g/mol. The van der Waals surface area contributed by atoms with Crippen LogP contribution in [0.1, 0.15) is 18.4 Å². The maximum Gasteiger partial charge on any atom is 0.321 e. The van der Waals surface area contributed by atoms with Crippen LogP contribution in [0.3, 0.4) is 0 Å². The Hall–Kier alpha value is -2.63. The molecule has 0 saturated carbocycles. The van der Waals surface area contributed by atoms with E-state index in [0.717, 1.165) is 24.2 Å². The van der Waals surface area contributed by atoms with Crippen LogP contribution in [0, 0.1) is 18.7 Å². The van der Waals surface area contributed by atoms with Gasteiger partial charge in [0, 0.05) is 31.0 Å².